The number of nitrogens with zero attached hydrogens (tertiary/aromatic N) is 2. The van der Waals surface area contributed by atoms with Gasteiger partial charge in [-0.25, -0.2) is 0 Å². The second-order valence-corrected chi connectivity index (χ2v) is 3.11. The Bertz CT molecular complexity index is 533. The lowest BCUT2D eigenvalue weighted by atomic mass is 10.1. The first-order chi connectivity index (χ1) is 7.15. The number of nitro groups is 1. The molecule has 0 atom stereocenters. The van der Waals surface area contributed by atoms with Crippen LogP contribution in [-0.4, -0.2) is 17.1 Å². The molecule has 1 aromatic carbocycles. The number of nitrogens with one attached hydrogen (secondary N) is 1. The van der Waals surface area contributed by atoms with Gasteiger partial charge in [-0.3, -0.25) is 10.1 Å². The van der Waals surface area contributed by atoms with Crippen LogP contribution in [0.4, 0.5) is 11.4 Å². The van der Waals surface area contributed by atoms with Crippen LogP contribution in [0.5, 0.6) is 0 Å². The quantitative estimate of drug-likeness (QED) is 0.602. The molecule has 0 aliphatic heterocycles. The van der Waals surface area contributed by atoms with E-state index in [-0.39, 0.29) is 5.69 Å². The molecule has 1 heterocycles. The Hall–Kier alpha value is -2.11. The number of anilines is 1. The topological polar surface area (TPSA) is 81.2 Å². The Labute approximate surface area is 85.0 Å². The normalized spacial score (nSPS) is 10.5. The van der Waals surface area contributed by atoms with Gasteiger partial charge in [0.2, 0.25) is 0 Å². The van der Waals surface area contributed by atoms with Gasteiger partial charge >= 0.3 is 5.69 Å². The molecule has 2 rings (SSSR count). The first kappa shape index (κ1) is 9.45. The maximum Gasteiger partial charge on any atom is 0.305 e. The predicted octanol–water partition coefficient (Wildman–Crippen LogP) is 2.09. The third-order valence-corrected chi connectivity index (χ3v) is 2.23. The summed E-state index contributed by atoms with van der Waals surface area (Å²) in [5.74, 6) is 0. The molecule has 0 fully saturated rings. The van der Waals surface area contributed by atoms with Crippen LogP contribution < -0.4 is 5.32 Å². The molecule has 1 N–H and O–H groups in total. The third kappa shape index (κ3) is 1.30. The Kier molecular flexibility index (Phi) is 2.03. The van der Waals surface area contributed by atoms with E-state index < -0.39 is 4.92 Å². The standard InChI is InChI=1S/C9H9N3O3/c1-5-8-7(15-11-5)4-3-6(10-2)9(8)12(13)14/h3-4,10H,1-2H3. The molecule has 0 bridgehead atoms. The molecule has 0 amide bonds. The van der Waals surface area contributed by atoms with E-state index in [4.69, 9.17) is 4.52 Å². The molecule has 6 nitrogen and oxygen atoms in total. The molecule has 1 aromatic heterocycles. The SMILES string of the molecule is CNc1ccc2onc(C)c2c1[N+](=O)[O-]. The Morgan fingerprint density at radius 3 is 2.87 bits per heavy atom. The molecule has 15 heavy (non-hydrogen) atoms. The number of nitro benzene ring substituents is 1. The highest BCUT2D eigenvalue weighted by Crippen LogP contribution is 2.34. The number of hydrogen-bond donors (Lipinski definition) is 1. The first-order valence-corrected chi connectivity index (χ1v) is 4.36. The van der Waals surface area contributed by atoms with Crippen LogP contribution in [0.15, 0.2) is 16.7 Å². The van der Waals surface area contributed by atoms with Crippen LogP contribution >= 0.6 is 0 Å². The zero-order valence-corrected chi connectivity index (χ0v) is 8.27. The Balaban J connectivity index is 2.89. The second kappa shape index (κ2) is 3.23. The van der Waals surface area contributed by atoms with Gasteiger partial charge in [-0.1, -0.05) is 5.16 Å². The maximum absolute atomic E-state index is 10.9. The molecule has 0 radical (unpaired) electrons. The van der Waals surface area contributed by atoms with Gasteiger partial charge in [-0.2, -0.15) is 0 Å². The van der Waals surface area contributed by atoms with Gasteiger partial charge in [0, 0.05) is 7.05 Å². The van der Waals surface area contributed by atoms with Crippen molar-refractivity contribution in [3.8, 4) is 0 Å². The zero-order chi connectivity index (χ0) is 11.0. The minimum Gasteiger partial charge on any atom is -0.383 e. The van der Waals surface area contributed by atoms with E-state index in [0.717, 1.165) is 0 Å². The summed E-state index contributed by atoms with van der Waals surface area (Å²) >= 11 is 0. The number of fused-ring (bicyclic) bond motifs is 1. The zero-order valence-electron chi connectivity index (χ0n) is 8.27. The average Bonchev–Trinajstić information content (AvgIpc) is 2.59. The summed E-state index contributed by atoms with van der Waals surface area (Å²) in [5.41, 5.74) is 1.42. The van der Waals surface area contributed by atoms with E-state index in [0.29, 0.717) is 22.4 Å². The van der Waals surface area contributed by atoms with E-state index in [2.05, 4.69) is 10.5 Å². The highest BCUT2D eigenvalue weighted by atomic mass is 16.6. The minimum atomic E-state index is -0.432. The van der Waals surface area contributed by atoms with Crippen molar-refractivity contribution in [2.45, 2.75) is 6.92 Å². The van der Waals surface area contributed by atoms with Gasteiger partial charge < -0.3 is 9.84 Å². The largest absolute Gasteiger partial charge is 0.383 e. The van der Waals surface area contributed by atoms with Crippen LogP contribution in [0.1, 0.15) is 5.69 Å². The van der Waals surface area contributed by atoms with Crippen LogP contribution in [0, 0.1) is 17.0 Å². The minimum absolute atomic E-state index is 0.00810. The van der Waals surface area contributed by atoms with Crippen molar-refractivity contribution in [3.63, 3.8) is 0 Å². The van der Waals surface area contributed by atoms with Gasteiger partial charge in [-0.05, 0) is 19.1 Å². The lowest BCUT2D eigenvalue weighted by molar-refractivity contribution is -0.382. The van der Waals surface area contributed by atoms with Crippen molar-refractivity contribution in [3.05, 3.63) is 27.9 Å². The Morgan fingerprint density at radius 2 is 2.27 bits per heavy atom. The highest BCUT2D eigenvalue weighted by molar-refractivity contribution is 5.95. The van der Waals surface area contributed by atoms with Crippen molar-refractivity contribution in [2.75, 3.05) is 12.4 Å². The molecule has 6 heteroatoms. The molecular formula is C9H9N3O3. The van der Waals surface area contributed by atoms with Gasteiger partial charge in [0.25, 0.3) is 0 Å². The van der Waals surface area contributed by atoms with Gasteiger partial charge in [0.1, 0.15) is 11.1 Å². The smallest absolute Gasteiger partial charge is 0.305 e. The predicted molar refractivity (Wildman–Crippen MR) is 54.9 cm³/mol. The van der Waals surface area contributed by atoms with Crippen molar-refractivity contribution < 1.29 is 9.45 Å². The molecule has 0 saturated heterocycles. The number of aryl methyl sites for hydroxylation is 1. The molecule has 2 aromatic rings. The molecule has 0 spiro atoms. The summed E-state index contributed by atoms with van der Waals surface area (Å²) in [6.07, 6.45) is 0. The van der Waals surface area contributed by atoms with Gasteiger partial charge in [0.05, 0.1) is 10.6 Å². The maximum atomic E-state index is 10.9. The van der Waals surface area contributed by atoms with Crippen LogP contribution in [0.3, 0.4) is 0 Å². The van der Waals surface area contributed by atoms with Crippen molar-refractivity contribution in [2.24, 2.45) is 0 Å². The fourth-order valence-corrected chi connectivity index (χ4v) is 1.55. The molecule has 0 aliphatic carbocycles. The number of rotatable bonds is 2. The van der Waals surface area contributed by atoms with Crippen LogP contribution in [-0.2, 0) is 0 Å². The van der Waals surface area contributed by atoms with Crippen molar-refractivity contribution >= 4 is 22.3 Å². The van der Waals surface area contributed by atoms with E-state index in [1.165, 1.54) is 0 Å². The summed E-state index contributed by atoms with van der Waals surface area (Å²) in [4.78, 5) is 10.5. The average molecular weight is 207 g/mol. The van der Waals surface area contributed by atoms with E-state index in [9.17, 15) is 10.1 Å². The monoisotopic (exact) mass is 207 g/mol. The van der Waals surface area contributed by atoms with Crippen LogP contribution in [0.25, 0.3) is 11.0 Å². The molecular weight excluding hydrogens is 198 g/mol. The summed E-state index contributed by atoms with van der Waals surface area (Å²) in [6, 6.07) is 3.26. The fraction of sp³-hybridized carbons (Fsp3) is 0.222. The van der Waals surface area contributed by atoms with Crippen molar-refractivity contribution in [1.82, 2.24) is 5.16 Å². The first-order valence-electron chi connectivity index (χ1n) is 4.36. The third-order valence-electron chi connectivity index (χ3n) is 2.23. The van der Waals surface area contributed by atoms with Crippen molar-refractivity contribution in [1.29, 1.82) is 0 Å². The summed E-state index contributed by atoms with van der Waals surface area (Å²) in [7, 11) is 1.64. The summed E-state index contributed by atoms with van der Waals surface area (Å²) in [6.45, 7) is 1.68. The van der Waals surface area contributed by atoms with E-state index in [1.54, 1.807) is 26.1 Å². The lowest BCUT2D eigenvalue weighted by Crippen LogP contribution is -1.97. The van der Waals surface area contributed by atoms with Gasteiger partial charge in [-0.15, -0.1) is 0 Å². The molecule has 78 valence electrons. The number of aromatic nitrogens is 1. The molecule has 0 saturated carbocycles. The number of hydrogen-bond acceptors (Lipinski definition) is 5. The summed E-state index contributed by atoms with van der Waals surface area (Å²) < 4.78 is 4.96. The van der Waals surface area contributed by atoms with Crippen LogP contribution in [0.2, 0.25) is 0 Å². The Morgan fingerprint density at radius 1 is 1.53 bits per heavy atom. The van der Waals surface area contributed by atoms with E-state index >= 15 is 0 Å². The lowest BCUT2D eigenvalue weighted by Gasteiger charge is -2.01. The highest BCUT2D eigenvalue weighted by Gasteiger charge is 2.22. The van der Waals surface area contributed by atoms with E-state index in [1.807, 2.05) is 0 Å². The summed E-state index contributed by atoms with van der Waals surface area (Å²) in [5, 5.41) is 17.9. The van der Waals surface area contributed by atoms with Gasteiger partial charge in [0.15, 0.2) is 5.58 Å². The fourth-order valence-electron chi connectivity index (χ4n) is 1.55. The second-order valence-electron chi connectivity index (χ2n) is 3.11. The molecule has 0 unspecified atom stereocenters. The number of benzene rings is 1. The molecule has 0 aliphatic rings.